The molecule has 1 heterocycles. The highest BCUT2D eigenvalue weighted by atomic mass is 31.1. The monoisotopic (exact) mass is 358 g/mol. The molecule has 1 aliphatic heterocycles. The quantitative estimate of drug-likeness (QED) is 0.391. The van der Waals surface area contributed by atoms with E-state index in [1.54, 1.807) is 24.6 Å². The Bertz CT molecular complexity index is 452. The third kappa shape index (κ3) is 4.40. The lowest BCUT2D eigenvalue weighted by molar-refractivity contribution is 0.639. The minimum Gasteiger partial charge on any atom is -0.135 e. The van der Waals surface area contributed by atoms with Gasteiger partial charge in [0, 0.05) is 21.3 Å². The van der Waals surface area contributed by atoms with Crippen molar-refractivity contribution >= 4 is 38.9 Å². The molecule has 122 valence electrons. The predicted molar refractivity (Wildman–Crippen MR) is 113 cm³/mol. The molecule has 0 nitrogen and oxygen atoms in total. The number of hydrogen-bond acceptors (Lipinski definition) is 0. The fourth-order valence-electron chi connectivity index (χ4n) is 4.57. The van der Waals surface area contributed by atoms with Crippen molar-refractivity contribution < 1.29 is 0 Å². The molecule has 21 heavy (non-hydrogen) atoms. The summed E-state index contributed by atoms with van der Waals surface area (Å²) in [6, 6.07) is 0. The van der Waals surface area contributed by atoms with E-state index in [2.05, 4.69) is 76.2 Å². The molecule has 0 saturated carbocycles. The Labute approximate surface area is 139 Å². The lowest BCUT2D eigenvalue weighted by Crippen LogP contribution is -2.49. The number of rotatable bonds is 5. The Kier molecular flexibility index (Phi) is 5.99. The van der Waals surface area contributed by atoms with Crippen LogP contribution in [0.4, 0.5) is 0 Å². The molecule has 0 aromatic heterocycles. The van der Waals surface area contributed by atoms with Gasteiger partial charge in [0.15, 0.2) is 0 Å². The van der Waals surface area contributed by atoms with Gasteiger partial charge in [0.05, 0.1) is 0 Å². The third-order valence-corrected chi connectivity index (χ3v) is 18.1. The van der Waals surface area contributed by atoms with Crippen LogP contribution in [0.2, 0.25) is 44.4 Å². The van der Waals surface area contributed by atoms with Crippen LogP contribution in [0.5, 0.6) is 0 Å². The van der Waals surface area contributed by atoms with E-state index in [0.717, 1.165) is 10.8 Å². The lowest BCUT2D eigenvalue weighted by atomic mass is 9.92. The average Bonchev–Trinajstić information content (AvgIpc) is 2.37. The van der Waals surface area contributed by atoms with E-state index in [1.165, 1.54) is 6.42 Å². The second kappa shape index (κ2) is 6.35. The van der Waals surface area contributed by atoms with Crippen molar-refractivity contribution in [3.63, 3.8) is 0 Å². The fourth-order valence-corrected chi connectivity index (χ4v) is 23.6. The van der Waals surface area contributed by atoms with Crippen molar-refractivity contribution in [1.29, 1.82) is 0 Å². The second-order valence-electron chi connectivity index (χ2n) is 9.30. The Morgan fingerprint density at radius 3 is 1.71 bits per heavy atom. The molecule has 0 N–H and O–H groups in total. The summed E-state index contributed by atoms with van der Waals surface area (Å²) < 4.78 is 0. The summed E-state index contributed by atoms with van der Waals surface area (Å²) in [6.07, 6.45) is 1.33. The minimum atomic E-state index is -1.13. The second-order valence-corrected chi connectivity index (χ2v) is 23.3. The van der Waals surface area contributed by atoms with Crippen molar-refractivity contribution in [2.45, 2.75) is 89.4 Å². The molecule has 0 radical (unpaired) electrons. The highest BCUT2D eigenvalue weighted by molar-refractivity contribution is 7.44. The molecule has 3 unspecified atom stereocenters. The maximum atomic E-state index is 3.27. The normalized spacial score (nSPS) is 26.4. The van der Waals surface area contributed by atoms with Gasteiger partial charge in [-0.1, -0.05) is 53.1 Å². The van der Waals surface area contributed by atoms with E-state index in [-0.39, 0.29) is 0 Å². The van der Waals surface area contributed by atoms with Crippen LogP contribution in [0.25, 0.3) is 0 Å². The highest BCUT2D eigenvalue weighted by Gasteiger charge is 2.44. The van der Waals surface area contributed by atoms with Gasteiger partial charge in [-0.05, 0) is 55.8 Å². The molecule has 0 fully saturated rings. The van der Waals surface area contributed by atoms with Gasteiger partial charge in [0.1, 0.15) is 0 Å². The molecule has 1 rings (SSSR count). The minimum absolute atomic E-state index is 0.373. The van der Waals surface area contributed by atoms with Gasteiger partial charge in [0.25, 0.3) is 0 Å². The summed E-state index contributed by atoms with van der Waals surface area (Å²) in [4.78, 5) is 0. The first-order valence-electron chi connectivity index (χ1n) is 8.20. The highest BCUT2D eigenvalue weighted by Crippen LogP contribution is 2.50. The lowest BCUT2D eigenvalue weighted by Gasteiger charge is -2.44. The molecular weight excluding hydrogens is 322 g/mol. The summed E-state index contributed by atoms with van der Waals surface area (Å²) in [6.45, 7) is 25.0. The molecular formula is C17H36P2Si2. The molecule has 0 spiro atoms. The predicted octanol–water partition coefficient (Wildman–Crippen LogP) is 6.45. The first-order valence-corrected chi connectivity index (χ1v) is 16.9. The van der Waals surface area contributed by atoms with E-state index in [9.17, 15) is 0 Å². The Hall–Kier alpha value is 0.774. The van der Waals surface area contributed by atoms with E-state index < -0.39 is 16.1 Å². The zero-order chi connectivity index (χ0) is 16.8. The zero-order valence-corrected chi connectivity index (χ0v) is 19.9. The van der Waals surface area contributed by atoms with Crippen LogP contribution in [-0.2, 0) is 0 Å². The Morgan fingerprint density at radius 1 is 1.00 bits per heavy atom. The molecule has 0 aliphatic carbocycles. The van der Waals surface area contributed by atoms with Crippen molar-refractivity contribution in [1.82, 2.24) is 0 Å². The number of hydrogen-bond donors (Lipinski definition) is 0. The first-order chi connectivity index (χ1) is 9.20. The smallest absolute Gasteiger partial charge is 0.0453 e. The van der Waals surface area contributed by atoms with Crippen LogP contribution >= 0.6 is 17.4 Å². The summed E-state index contributed by atoms with van der Waals surface area (Å²) >= 11 is 0. The van der Waals surface area contributed by atoms with Crippen LogP contribution in [-0.4, -0.2) is 32.3 Å². The van der Waals surface area contributed by atoms with Crippen LogP contribution in [0.3, 0.4) is 0 Å². The topological polar surface area (TPSA) is 0 Å². The van der Waals surface area contributed by atoms with Crippen molar-refractivity contribution in [2.75, 3.05) is 0 Å². The van der Waals surface area contributed by atoms with Gasteiger partial charge in [-0.2, -0.15) is 0 Å². The van der Waals surface area contributed by atoms with Gasteiger partial charge in [-0.3, -0.25) is 0 Å². The SMILES string of the molecule is CC1=PC(C)(CC(P)C([Si](C)(C)C)[Si](C)(C)C)C(C)=C1C. The van der Waals surface area contributed by atoms with Crippen LogP contribution in [0, 0.1) is 0 Å². The van der Waals surface area contributed by atoms with E-state index >= 15 is 0 Å². The summed E-state index contributed by atoms with van der Waals surface area (Å²) in [5.41, 5.74) is 3.97. The maximum Gasteiger partial charge on any atom is 0.0453 e. The molecule has 4 heteroatoms. The van der Waals surface area contributed by atoms with Gasteiger partial charge >= 0.3 is 0 Å². The number of allylic oxidation sites excluding steroid dienone is 2. The molecule has 0 amide bonds. The van der Waals surface area contributed by atoms with E-state index in [4.69, 9.17) is 0 Å². The third-order valence-electron chi connectivity index (χ3n) is 5.25. The molecule has 0 bridgehead atoms. The molecule has 3 atom stereocenters. The van der Waals surface area contributed by atoms with Crippen molar-refractivity contribution in [2.24, 2.45) is 0 Å². The molecule has 1 aliphatic rings. The standard InChI is InChI=1S/C17H36P2Si2/c1-12-13(2)17(4,19-14(12)3)11-15(18)16(20(5,6)7)21(8,9)10/h15-16H,11,18H2,1-10H3. The van der Waals surface area contributed by atoms with Gasteiger partial charge in [0.2, 0.25) is 0 Å². The summed E-state index contributed by atoms with van der Waals surface area (Å²) in [5.74, 6) is 0. The fraction of sp³-hybridized carbons (Fsp3) is 0.824. The van der Waals surface area contributed by atoms with E-state index in [0.29, 0.717) is 5.16 Å². The molecule has 0 aromatic carbocycles. The summed E-state index contributed by atoms with van der Waals surface area (Å²) in [7, 11) is 2.56. The molecule has 0 saturated heterocycles. The Balaban J connectivity index is 3.08. The van der Waals surface area contributed by atoms with Crippen LogP contribution in [0.1, 0.15) is 34.1 Å². The van der Waals surface area contributed by atoms with Crippen molar-refractivity contribution in [3.05, 3.63) is 11.1 Å². The largest absolute Gasteiger partial charge is 0.135 e. The van der Waals surface area contributed by atoms with E-state index in [1.807, 2.05) is 0 Å². The van der Waals surface area contributed by atoms with Gasteiger partial charge < -0.3 is 0 Å². The maximum absolute atomic E-state index is 3.27. The first kappa shape index (κ1) is 19.8. The van der Waals surface area contributed by atoms with Crippen LogP contribution < -0.4 is 0 Å². The summed E-state index contributed by atoms with van der Waals surface area (Å²) in [5, 5.41) is 2.93. The van der Waals surface area contributed by atoms with Crippen LogP contribution in [0.15, 0.2) is 11.1 Å². The zero-order valence-electron chi connectivity index (χ0n) is 15.9. The van der Waals surface area contributed by atoms with Gasteiger partial charge in [-0.15, -0.1) is 9.24 Å². The average molecular weight is 359 g/mol. The van der Waals surface area contributed by atoms with Crippen molar-refractivity contribution in [3.8, 4) is 0 Å². The molecule has 0 aromatic rings. The Morgan fingerprint density at radius 2 is 1.43 bits per heavy atom. The van der Waals surface area contributed by atoms with Gasteiger partial charge in [-0.25, -0.2) is 0 Å².